The Morgan fingerprint density at radius 1 is 0.963 bits per heavy atom. The Labute approximate surface area is 172 Å². The van der Waals surface area contributed by atoms with E-state index in [-0.39, 0.29) is 5.12 Å². The van der Waals surface area contributed by atoms with Gasteiger partial charge in [0.25, 0.3) is 0 Å². The molecule has 2 aromatic rings. The van der Waals surface area contributed by atoms with Gasteiger partial charge in [0.1, 0.15) is 0 Å². The molecule has 2 nitrogen and oxygen atoms in total. The Morgan fingerprint density at radius 2 is 1.48 bits per heavy atom. The number of carbonyl (C=O) groups is 1. The highest BCUT2D eigenvalue weighted by molar-refractivity contribution is 8.13. The molecule has 0 aliphatic rings. The summed E-state index contributed by atoms with van der Waals surface area (Å²) in [5, 5.41) is 11.2. The van der Waals surface area contributed by atoms with E-state index in [1.807, 2.05) is 55.5 Å². The molecule has 0 aliphatic carbocycles. The SMILES string of the molecule is CC(C)CC[C@@](C)(Sc1ccccc1)[C@@H](O)[C@H](C)C(=O)Sc1ccccc1. The Kier molecular flexibility index (Phi) is 8.46. The summed E-state index contributed by atoms with van der Waals surface area (Å²) in [6, 6.07) is 19.8. The van der Waals surface area contributed by atoms with Crippen LogP contribution in [0, 0.1) is 11.8 Å². The molecule has 3 atom stereocenters. The lowest BCUT2D eigenvalue weighted by atomic mass is 9.88. The van der Waals surface area contributed by atoms with E-state index in [2.05, 4.69) is 32.9 Å². The van der Waals surface area contributed by atoms with E-state index in [4.69, 9.17) is 0 Å². The predicted molar refractivity (Wildman–Crippen MR) is 117 cm³/mol. The second kappa shape index (κ2) is 10.4. The van der Waals surface area contributed by atoms with Crippen LogP contribution in [0.4, 0.5) is 0 Å². The maximum Gasteiger partial charge on any atom is 0.199 e. The van der Waals surface area contributed by atoms with Crippen molar-refractivity contribution in [1.29, 1.82) is 0 Å². The van der Waals surface area contributed by atoms with Gasteiger partial charge in [-0.1, -0.05) is 68.9 Å². The summed E-state index contributed by atoms with van der Waals surface area (Å²) in [6.45, 7) is 8.33. The summed E-state index contributed by atoms with van der Waals surface area (Å²) >= 11 is 2.90. The van der Waals surface area contributed by atoms with Crippen LogP contribution >= 0.6 is 23.5 Å². The average molecular weight is 403 g/mol. The average Bonchev–Trinajstić information content (AvgIpc) is 2.66. The molecule has 0 bridgehead atoms. The summed E-state index contributed by atoms with van der Waals surface area (Å²) < 4.78 is -0.419. The molecule has 0 fully saturated rings. The van der Waals surface area contributed by atoms with Gasteiger partial charge in [0.05, 0.1) is 12.0 Å². The molecule has 0 unspecified atom stereocenters. The molecule has 0 amide bonds. The Hall–Kier alpha value is -1.23. The molecule has 0 aromatic heterocycles. The first-order valence-corrected chi connectivity index (χ1v) is 11.1. The standard InChI is InChI=1S/C23H30O2S2/c1-17(2)15-16-23(4,27-20-13-9-6-10-14-20)21(24)18(3)22(25)26-19-11-7-5-8-12-19/h5-14,17-18,21,24H,15-16H2,1-4H3/t18-,21-,23+/m0/s1. The van der Waals surface area contributed by atoms with Gasteiger partial charge in [-0.05, 0) is 49.9 Å². The zero-order valence-corrected chi connectivity index (χ0v) is 18.2. The smallest absolute Gasteiger partial charge is 0.199 e. The fourth-order valence-electron chi connectivity index (χ4n) is 2.95. The Bertz CT molecular complexity index is 703. The lowest BCUT2D eigenvalue weighted by molar-refractivity contribution is -0.117. The molecule has 4 heteroatoms. The van der Waals surface area contributed by atoms with Crippen LogP contribution in [0.1, 0.15) is 40.5 Å². The van der Waals surface area contributed by atoms with E-state index in [0.29, 0.717) is 5.92 Å². The molecule has 0 saturated carbocycles. The zero-order chi connectivity index (χ0) is 19.9. The second-order valence-corrected chi connectivity index (χ2v) is 10.3. The summed E-state index contributed by atoms with van der Waals surface area (Å²) in [6.07, 6.45) is 1.16. The number of hydrogen-bond donors (Lipinski definition) is 1. The predicted octanol–water partition coefficient (Wildman–Crippen LogP) is 6.29. The lowest BCUT2D eigenvalue weighted by Crippen LogP contribution is -2.43. The van der Waals surface area contributed by atoms with Crippen molar-refractivity contribution in [1.82, 2.24) is 0 Å². The van der Waals surface area contributed by atoms with Gasteiger partial charge in [-0.15, -0.1) is 11.8 Å². The monoisotopic (exact) mass is 402 g/mol. The Morgan fingerprint density at radius 3 is 2.00 bits per heavy atom. The third-order valence-corrected chi connectivity index (χ3v) is 7.25. The summed E-state index contributed by atoms with van der Waals surface area (Å²) in [7, 11) is 0. The Balaban J connectivity index is 2.15. The summed E-state index contributed by atoms with van der Waals surface area (Å²) in [5.41, 5.74) is 0. The van der Waals surface area contributed by atoms with Gasteiger partial charge in [0, 0.05) is 14.5 Å². The first kappa shape index (κ1) is 22.1. The molecule has 0 heterocycles. The maximum absolute atomic E-state index is 12.8. The van der Waals surface area contributed by atoms with E-state index in [1.165, 1.54) is 11.8 Å². The van der Waals surface area contributed by atoms with Gasteiger partial charge in [-0.3, -0.25) is 4.79 Å². The van der Waals surface area contributed by atoms with E-state index >= 15 is 0 Å². The highest BCUT2D eigenvalue weighted by Crippen LogP contribution is 2.43. The van der Waals surface area contributed by atoms with Crippen molar-refractivity contribution in [2.45, 2.75) is 61.2 Å². The third-order valence-electron chi connectivity index (χ3n) is 4.74. The molecule has 1 N–H and O–H groups in total. The van der Waals surface area contributed by atoms with E-state index in [1.54, 1.807) is 11.8 Å². The number of carbonyl (C=O) groups excluding carboxylic acids is 1. The van der Waals surface area contributed by atoms with Crippen LogP contribution in [0.3, 0.4) is 0 Å². The lowest BCUT2D eigenvalue weighted by Gasteiger charge is -2.37. The molecule has 0 spiro atoms. The van der Waals surface area contributed by atoms with Crippen molar-refractivity contribution in [3.05, 3.63) is 60.7 Å². The van der Waals surface area contributed by atoms with Crippen molar-refractivity contribution < 1.29 is 9.90 Å². The molecule has 0 radical (unpaired) electrons. The van der Waals surface area contributed by atoms with Crippen LogP contribution in [-0.2, 0) is 4.79 Å². The molecular weight excluding hydrogens is 372 g/mol. The molecule has 146 valence electrons. The molecule has 2 aromatic carbocycles. The fraction of sp³-hybridized carbons (Fsp3) is 0.435. The van der Waals surface area contributed by atoms with Gasteiger partial charge in [0.15, 0.2) is 5.12 Å². The second-order valence-electron chi connectivity index (χ2n) is 7.63. The van der Waals surface area contributed by atoms with Crippen LogP contribution in [-0.4, -0.2) is 21.1 Å². The minimum absolute atomic E-state index is 0.0122. The zero-order valence-electron chi connectivity index (χ0n) is 16.6. The summed E-state index contributed by atoms with van der Waals surface area (Å²) in [5.74, 6) is 0.112. The van der Waals surface area contributed by atoms with E-state index in [0.717, 1.165) is 22.6 Å². The van der Waals surface area contributed by atoms with Crippen molar-refractivity contribution in [3.63, 3.8) is 0 Å². The van der Waals surface area contributed by atoms with Gasteiger partial charge in [-0.2, -0.15) is 0 Å². The van der Waals surface area contributed by atoms with Crippen LogP contribution in [0.2, 0.25) is 0 Å². The third kappa shape index (κ3) is 6.70. The molecule has 27 heavy (non-hydrogen) atoms. The van der Waals surface area contributed by atoms with Crippen LogP contribution < -0.4 is 0 Å². The number of aliphatic hydroxyl groups excluding tert-OH is 1. The fourth-order valence-corrected chi connectivity index (χ4v) is 5.16. The highest BCUT2D eigenvalue weighted by atomic mass is 32.2. The topological polar surface area (TPSA) is 37.3 Å². The maximum atomic E-state index is 12.8. The molecule has 2 rings (SSSR count). The first-order valence-electron chi connectivity index (χ1n) is 9.50. The summed E-state index contributed by atoms with van der Waals surface area (Å²) in [4.78, 5) is 14.8. The van der Waals surface area contributed by atoms with Gasteiger partial charge in [0.2, 0.25) is 0 Å². The first-order chi connectivity index (χ1) is 12.8. The molecule has 0 saturated heterocycles. The van der Waals surface area contributed by atoms with Crippen molar-refractivity contribution in [2.24, 2.45) is 11.8 Å². The van der Waals surface area contributed by atoms with Crippen molar-refractivity contribution in [2.75, 3.05) is 0 Å². The van der Waals surface area contributed by atoms with Crippen molar-refractivity contribution in [3.8, 4) is 0 Å². The minimum Gasteiger partial charge on any atom is -0.391 e. The van der Waals surface area contributed by atoms with Crippen LogP contribution in [0.25, 0.3) is 0 Å². The number of benzene rings is 2. The van der Waals surface area contributed by atoms with E-state index < -0.39 is 16.8 Å². The highest BCUT2D eigenvalue weighted by Gasteiger charge is 2.40. The number of rotatable bonds is 9. The van der Waals surface area contributed by atoms with Crippen LogP contribution in [0.15, 0.2) is 70.5 Å². The minimum atomic E-state index is -0.717. The van der Waals surface area contributed by atoms with Gasteiger partial charge >= 0.3 is 0 Å². The van der Waals surface area contributed by atoms with Crippen molar-refractivity contribution >= 4 is 28.6 Å². The quantitative estimate of drug-likeness (QED) is 0.500. The van der Waals surface area contributed by atoms with Crippen LogP contribution in [0.5, 0.6) is 0 Å². The number of hydrogen-bond acceptors (Lipinski definition) is 4. The number of thioether (sulfide) groups is 2. The number of aliphatic hydroxyl groups is 1. The molecular formula is C23H30O2S2. The molecule has 0 aliphatic heterocycles. The van der Waals surface area contributed by atoms with E-state index in [9.17, 15) is 9.90 Å². The van der Waals surface area contributed by atoms with Gasteiger partial charge < -0.3 is 5.11 Å². The largest absolute Gasteiger partial charge is 0.391 e. The normalized spacial score (nSPS) is 15.9. The van der Waals surface area contributed by atoms with Gasteiger partial charge in [-0.25, -0.2) is 0 Å².